The number of hydrogen-bond donors (Lipinski definition) is 0. The van der Waals surface area contributed by atoms with Crippen LogP contribution < -0.4 is 4.74 Å². The van der Waals surface area contributed by atoms with Gasteiger partial charge in [-0.25, -0.2) is 0 Å². The van der Waals surface area contributed by atoms with Crippen LogP contribution in [0.5, 0.6) is 5.75 Å². The number of para-hydroxylation sites is 1. The van der Waals surface area contributed by atoms with Crippen LogP contribution in [-0.4, -0.2) is 26.9 Å². The van der Waals surface area contributed by atoms with Crippen LogP contribution in [0, 0.1) is 0 Å². The van der Waals surface area contributed by atoms with E-state index in [-0.39, 0.29) is 0 Å². The number of nitrogens with zero attached hydrogens (tertiary/aromatic N) is 4. The Labute approximate surface area is 144 Å². The van der Waals surface area contributed by atoms with E-state index in [9.17, 15) is 0 Å². The molecule has 114 valence electrons. The van der Waals surface area contributed by atoms with E-state index >= 15 is 0 Å². The van der Waals surface area contributed by atoms with Gasteiger partial charge >= 0.3 is 0 Å². The highest BCUT2D eigenvalue weighted by Gasteiger charge is 2.16. The predicted molar refractivity (Wildman–Crippen MR) is 93.8 cm³/mol. The molecule has 0 aliphatic heterocycles. The summed E-state index contributed by atoms with van der Waals surface area (Å²) >= 11 is 4.97. The summed E-state index contributed by atoms with van der Waals surface area (Å²) in [5, 5.41) is 14.0. The number of aromatic nitrogens is 4. The minimum absolute atomic E-state index is 0.721. The van der Waals surface area contributed by atoms with Gasteiger partial charge in [0.25, 0.3) is 0 Å². The SMILES string of the molecule is COc1ccccc1-c1nn2c(-c3cccc(Br)c3)nnc2s1. The largest absolute Gasteiger partial charge is 0.496 e. The standard InChI is InChI=1S/C16H11BrN4OS/c1-22-13-8-3-2-7-12(13)15-20-21-14(18-19-16(21)23-15)10-5-4-6-11(17)9-10/h2-9H,1H3. The van der Waals surface area contributed by atoms with Crippen molar-refractivity contribution in [3.05, 3.63) is 53.0 Å². The first kappa shape index (κ1) is 14.3. The lowest BCUT2D eigenvalue weighted by Crippen LogP contribution is -1.92. The van der Waals surface area contributed by atoms with Gasteiger partial charge in [0.05, 0.1) is 12.7 Å². The lowest BCUT2D eigenvalue weighted by molar-refractivity contribution is 0.416. The first-order chi connectivity index (χ1) is 11.3. The van der Waals surface area contributed by atoms with Crippen molar-refractivity contribution in [3.8, 4) is 27.7 Å². The van der Waals surface area contributed by atoms with E-state index in [2.05, 4.69) is 31.2 Å². The van der Waals surface area contributed by atoms with Gasteiger partial charge in [0.2, 0.25) is 4.96 Å². The first-order valence-electron chi connectivity index (χ1n) is 6.88. The first-order valence-corrected chi connectivity index (χ1v) is 8.49. The molecule has 2 heterocycles. The topological polar surface area (TPSA) is 52.3 Å². The van der Waals surface area contributed by atoms with Crippen molar-refractivity contribution in [2.75, 3.05) is 7.11 Å². The molecule has 0 N–H and O–H groups in total. The predicted octanol–water partition coefficient (Wildman–Crippen LogP) is 4.29. The van der Waals surface area contributed by atoms with Gasteiger partial charge in [-0.2, -0.15) is 9.61 Å². The molecule has 0 aliphatic rings. The molecule has 0 radical (unpaired) electrons. The molecule has 0 atom stereocenters. The fourth-order valence-electron chi connectivity index (χ4n) is 2.35. The number of halogens is 1. The second-order valence-electron chi connectivity index (χ2n) is 4.84. The highest BCUT2D eigenvalue weighted by molar-refractivity contribution is 9.10. The molecule has 4 rings (SSSR count). The monoisotopic (exact) mass is 386 g/mol. The average Bonchev–Trinajstić information content (AvgIpc) is 3.15. The molecule has 0 unspecified atom stereocenters. The third-order valence-electron chi connectivity index (χ3n) is 3.41. The Morgan fingerprint density at radius 1 is 1.09 bits per heavy atom. The van der Waals surface area contributed by atoms with Gasteiger partial charge in [0.1, 0.15) is 5.75 Å². The third-order valence-corrected chi connectivity index (χ3v) is 4.84. The van der Waals surface area contributed by atoms with Crippen molar-refractivity contribution in [1.29, 1.82) is 0 Å². The van der Waals surface area contributed by atoms with Crippen molar-refractivity contribution in [1.82, 2.24) is 19.8 Å². The molecule has 7 heteroatoms. The van der Waals surface area contributed by atoms with Gasteiger partial charge in [0, 0.05) is 10.0 Å². The van der Waals surface area contributed by atoms with Crippen LogP contribution in [0.3, 0.4) is 0 Å². The van der Waals surface area contributed by atoms with Gasteiger partial charge in [0.15, 0.2) is 10.8 Å². The molecule has 0 amide bonds. The van der Waals surface area contributed by atoms with E-state index in [0.29, 0.717) is 0 Å². The number of hydrogen-bond acceptors (Lipinski definition) is 5. The lowest BCUT2D eigenvalue weighted by Gasteiger charge is -2.04. The Bertz CT molecular complexity index is 995. The van der Waals surface area contributed by atoms with Crippen LogP contribution in [0.15, 0.2) is 53.0 Å². The highest BCUT2D eigenvalue weighted by atomic mass is 79.9. The van der Waals surface area contributed by atoms with E-state index in [1.165, 1.54) is 11.3 Å². The van der Waals surface area contributed by atoms with Gasteiger partial charge < -0.3 is 4.74 Å². The summed E-state index contributed by atoms with van der Waals surface area (Å²) in [5.41, 5.74) is 1.91. The van der Waals surface area contributed by atoms with Crippen LogP contribution >= 0.6 is 27.3 Å². The molecule has 0 saturated heterocycles. The van der Waals surface area contributed by atoms with Crippen LogP contribution in [0.4, 0.5) is 0 Å². The van der Waals surface area contributed by atoms with E-state index < -0.39 is 0 Å². The zero-order valence-electron chi connectivity index (χ0n) is 12.1. The molecule has 0 fully saturated rings. The second kappa shape index (κ2) is 5.75. The maximum absolute atomic E-state index is 5.42. The van der Waals surface area contributed by atoms with Crippen LogP contribution in [0.2, 0.25) is 0 Å². The van der Waals surface area contributed by atoms with E-state index in [0.717, 1.165) is 37.1 Å². The highest BCUT2D eigenvalue weighted by Crippen LogP contribution is 2.33. The molecule has 0 bridgehead atoms. The van der Waals surface area contributed by atoms with Crippen molar-refractivity contribution >= 4 is 32.2 Å². The molecule has 23 heavy (non-hydrogen) atoms. The molecule has 2 aromatic heterocycles. The van der Waals surface area contributed by atoms with Crippen molar-refractivity contribution in [2.45, 2.75) is 0 Å². The number of fused-ring (bicyclic) bond motifs is 1. The molecular weight excluding hydrogens is 376 g/mol. The van der Waals surface area contributed by atoms with E-state index in [1.54, 1.807) is 11.6 Å². The van der Waals surface area contributed by atoms with Gasteiger partial charge in [-0.15, -0.1) is 10.2 Å². The van der Waals surface area contributed by atoms with Gasteiger partial charge in [-0.3, -0.25) is 0 Å². The van der Waals surface area contributed by atoms with Crippen molar-refractivity contribution < 1.29 is 4.74 Å². The molecule has 4 aromatic rings. The summed E-state index contributed by atoms with van der Waals surface area (Å²) in [6.45, 7) is 0. The van der Waals surface area contributed by atoms with Crippen LogP contribution in [0.1, 0.15) is 0 Å². The van der Waals surface area contributed by atoms with Crippen LogP contribution in [-0.2, 0) is 0 Å². The quantitative estimate of drug-likeness (QED) is 0.526. The minimum atomic E-state index is 0.721. The Morgan fingerprint density at radius 2 is 1.96 bits per heavy atom. The average molecular weight is 387 g/mol. The summed E-state index contributed by atoms with van der Waals surface area (Å²) in [6, 6.07) is 15.8. The number of methoxy groups -OCH3 is 1. The van der Waals surface area contributed by atoms with Gasteiger partial charge in [-0.05, 0) is 24.3 Å². The lowest BCUT2D eigenvalue weighted by atomic mass is 10.2. The number of rotatable bonds is 3. The Kier molecular flexibility index (Phi) is 3.59. The minimum Gasteiger partial charge on any atom is -0.496 e. The molecular formula is C16H11BrN4OS. The van der Waals surface area contributed by atoms with Crippen molar-refractivity contribution in [2.24, 2.45) is 0 Å². The molecule has 5 nitrogen and oxygen atoms in total. The summed E-state index contributed by atoms with van der Waals surface area (Å²) < 4.78 is 8.18. The Morgan fingerprint density at radius 3 is 2.78 bits per heavy atom. The fourth-order valence-corrected chi connectivity index (χ4v) is 3.62. The number of benzene rings is 2. The third kappa shape index (κ3) is 2.51. The van der Waals surface area contributed by atoms with Crippen molar-refractivity contribution in [3.63, 3.8) is 0 Å². The summed E-state index contributed by atoms with van der Waals surface area (Å²) in [4.78, 5) is 0.751. The fraction of sp³-hybridized carbons (Fsp3) is 0.0625. The molecule has 0 saturated carbocycles. The molecule has 0 spiro atoms. The Hall–Kier alpha value is -2.25. The summed E-state index contributed by atoms with van der Waals surface area (Å²) in [5.74, 6) is 1.51. The summed E-state index contributed by atoms with van der Waals surface area (Å²) in [6.07, 6.45) is 0. The maximum Gasteiger partial charge on any atom is 0.235 e. The van der Waals surface area contributed by atoms with E-state index in [4.69, 9.17) is 4.74 Å². The van der Waals surface area contributed by atoms with Crippen LogP contribution in [0.25, 0.3) is 26.9 Å². The zero-order chi connectivity index (χ0) is 15.8. The normalized spacial score (nSPS) is 11.0. The summed E-state index contributed by atoms with van der Waals surface area (Å²) in [7, 11) is 1.66. The Balaban J connectivity index is 1.87. The molecule has 2 aromatic carbocycles. The maximum atomic E-state index is 5.42. The molecule has 0 aliphatic carbocycles. The number of ether oxygens (including phenoxy) is 1. The smallest absolute Gasteiger partial charge is 0.235 e. The van der Waals surface area contributed by atoms with E-state index in [1.807, 2.05) is 48.5 Å². The second-order valence-corrected chi connectivity index (χ2v) is 6.71. The van der Waals surface area contributed by atoms with Gasteiger partial charge in [-0.1, -0.05) is 51.5 Å². The zero-order valence-corrected chi connectivity index (χ0v) is 14.5.